The maximum absolute atomic E-state index is 3.11. The van der Waals surface area contributed by atoms with Crippen LogP contribution in [0.2, 0.25) is 0 Å². The molecular formula is C16H12S3. The van der Waals surface area contributed by atoms with Crippen LogP contribution in [0.15, 0.2) is 36.4 Å². The van der Waals surface area contributed by atoms with Crippen molar-refractivity contribution in [3.8, 4) is 31.3 Å². The van der Waals surface area contributed by atoms with Gasteiger partial charge in [-0.25, -0.2) is 0 Å². The SMILES string of the molecule is CC#Cc1ccc(-c2ccc(-c3ccc(C)s3)s2)s1. The highest BCUT2D eigenvalue weighted by molar-refractivity contribution is 7.26. The molecule has 0 unspecified atom stereocenters. The van der Waals surface area contributed by atoms with Crippen LogP contribution < -0.4 is 0 Å². The van der Waals surface area contributed by atoms with E-state index in [0.717, 1.165) is 4.88 Å². The Morgan fingerprint density at radius 1 is 0.737 bits per heavy atom. The number of rotatable bonds is 2. The second-order valence-corrected chi connectivity index (χ2v) is 7.57. The summed E-state index contributed by atoms with van der Waals surface area (Å²) in [5.74, 6) is 6.06. The van der Waals surface area contributed by atoms with Crippen molar-refractivity contribution in [2.75, 3.05) is 0 Å². The third-order valence-electron chi connectivity index (χ3n) is 2.69. The average molecular weight is 300 g/mol. The molecule has 19 heavy (non-hydrogen) atoms. The van der Waals surface area contributed by atoms with Crippen LogP contribution in [0.3, 0.4) is 0 Å². The van der Waals surface area contributed by atoms with Crippen LogP contribution in [0.5, 0.6) is 0 Å². The summed E-state index contributed by atoms with van der Waals surface area (Å²) in [6.45, 7) is 4.03. The van der Waals surface area contributed by atoms with Gasteiger partial charge in [-0.05, 0) is 50.2 Å². The third kappa shape index (κ3) is 2.66. The van der Waals surface area contributed by atoms with Crippen molar-refractivity contribution in [1.82, 2.24) is 0 Å². The van der Waals surface area contributed by atoms with Gasteiger partial charge in [-0.2, -0.15) is 0 Å². The topological polar surface area (TPSA) is 0 Å². The molecule has 0 aromatic carbocycles. The van der Waals surface area contributed by atoms with Crippen LogP contribution in [-0.2, 0) is 0 Å². The standard InChI is InChI=1S/C16H12S3/c1-3-4-12-6-8-14(18-12)16-10-9-15(19-16)13-7-5-11(2)17-13/h5-10H,1-2H3. The fourth-order valence-corrected chi connectivity index (χ4v) is 4.80. The summed E-state index contributed by atoms with van der Waals surface area (Å²) in [4.78, 5) is 7.85. The third-order valence-corrected chi connectivity index (χ3v) is 6.16. The lowest BCUT2D eigenvalue weighted by molar-refractivity contribution is 1.64. The second-order valence-electron chi connectivity index (χ2n) is 4.11. The number of aryl methyl sites for hydroxylation is 1. The fraction of sp³-hybridized carbons (Fsp3) is 0.125. The van der Waals surface area contributed by atoms with Crippen molar-refractivity contribution in [3.05, 3.63) is 46.2 Å². The first-order valence-electron chi connectivity index (χ1n) is 5.96. The molecular weight excluding hydrogens is 288 g/mol. The van der Waals surface area contributed by atoms with Crippen LogP contribution >= 0.6 is 34.0 Å². The van der Waals surface area contributed by atoms with E-state index in [4.69, 9.17) is 0 Å². The van der Waals surface area contributed by atoms with Crippen molar-refractivity contribution in [2.45, 2.75) is 13.8 Å². The molecule has 0 N–H and O–H groups in total. The maximum atomic E-state index is 3.11. The molecule has 0 aliphatic rings. The first-order chi connectivity index (χ1) is 9.26. The first kappa shape index (κ1) is 12.7. The molecule has 0 spiro atoms. The van der Waals surface area contributed by atoms with Crippen molar-refractivity contribution in [1.29, 1.82) is 0 Å². The van der Waals surface area contributed by atoms with Gasteiger partial charge in [0, 0.05) is 24.4 Å². The normalized spacial score (nSPS) is 10.2. The van der Waals surface area contributed by atoms with Crippen LogP contribution in [0.1, 0.15) is 16.7 Å². The lowest BCUT2D eigenvalue weighted by atomic mass is 10.3. The lowest BCUT2D eigenvalue weighted by Crippen LogP contribution is -1.58. The van der Waals surface area contributed by atoms with E-state index in [1.807, 2.05) is 29.6 Å². The Labute approximate surface area is 125 Å². The van der Waals surface area contributed by atoms with E-state index in [2.05, 4.69) is 55.2 Å². The van der Waals surface area contributed by atoms with E-state index >= 15 is 0 Å². The minimum absolute atomic E-state index is 1.14. The first-order valence-corrected chi connectivity index (χ1v) is 8.41. The molecule has 0 amide bonds. The van der Waals surface area contributed by atoms with Gasteiger partial charge in [0.2, 0.25) is 0 Å². The summed E-state index contributed by atoms with van der Waals surface area (Å²) in [5, 5.41) is 0. The van der Waals surface area contributed by atoms with Gasteiger partial charge in [-0.1, -0.05) is 5.92 Å². The van der Waals surface area contributed by atoms with E-state index in [-0.39, 0.29) is 0 Å². The lowest BCUT2D eigenvalue weighted by Gasteiger charge is -1.90. The highest BCUT2D eigenvalue weighted by atomic mass is 32.1. The Balaban J connectivity index is 1.93. The maximum Gasteiger partial charge on any atom is 0.0775 e. The Kier molecular flexibility index (Phi) is 3.56. The van der Waals surface area contributed by atoms with E-state index in [1.54, 1.807) is 11.3 Å². The summed E-state index contributed by atoms with van der Waals surface area (Å²) in [7, 11) is 0. The molecule has 0 nitrogen and oxygen atoms in total. The van der Waals surface area contributed by atoms with Gasteiger partial charge in [-0.3, -0.25) is 0 Å². The van der Waals surface area contributed by atoms with Crippen molar-refractivity contribution in [3.63, 3.8) is 0 Å². The summed E-state index contributed by atoms with van der Waals surface area (Å²) in [5.41, 5.74) is 0. The molecule has 0 aliphatic carbocycles. The second kappa shape index (κ2) is 5.34. The molecule has 3 heterocycles. The Hall–Kier alpha value is -1.34. The molecule has 3 heteroatoms. The van der Waals surface area contributed by atoms with Crippen molar-refractivity contribution < 1.29 is 0 Å². The van der Waals surface area contributed by atoms with Crippen molar-refractivity contribution in [2.24, 2.45) is 0 Å². The van der Waals surface area contributed by atoms with E-state index in [9.17, 15) is 0 Å². The van der Waals surface area contributed by atoms with E-state index < -0.39 is 0 Å². The van der Waals surface area contributed by atoms with Gasteiger partial charge >= 0.3 is 0 Å². The summed E-state index contributed by atoms with van der Waals surface area (Å²) in [6.07, 6.45) is 0. The number of hydrogen-bond donors (Lipinski definition) is 0. The molecule has 0 radical (unpaired) electrons. The molecule has 0 saturated carbocycles. The molecule has 3 aromatic rings. The van der Waals surface area contributed by atoms with Gasteiger partial charge in [0.25, 0.3) is 0 Å². The van der Waals surface area contributed by atoms with Gasteiger partial charge in [-0.15, -0.1) is 39.9 Å². The van der Waals surface area contributed by atoms with E-state index in [1.165, 1.54) is 24.4 Å². The Morgan fingerprint density at radius 2 is 1.32 bits per heavy atom. The summed E-state index contributed by atoms with van der Waals surface area (Å²) in [6, 6.07) is 13.1. The summed E-state index contributed by atoms with van der Waals surface area (Å²) >= 11 is 5.48. The molecule has 94 valence electrons. The smallest absolute Gasteiger partial charge is 0.0775 e. The molecule has 3 aromatic heterocycles. The highest BCUT2D eigenvalue weighted by Gasteiger charge is 2.08. The quantitative estimate of drug-likeness (QED) is 0.518. The molecule has 0 bridgehead atoms. The zero-order valence-corrected chi connectivity index (χ0v) is 13.1. The van der Waals surface area contributed by atoms with E-state index in [0.29, 0.717) is 0 Å². The van der Waals surface area contributed by atoms with Gasteiger partial charge in [0.1, 0.15) is 0 Å². The minimum Gasteiger partial charge on any atom is -0.140 e. The zero-order valence-electron chi connectivity index (χ0n) is 10.7. The van der Waals surface area contributed by atoms with Gasteiger partial charge < -0.3 is 0 Å². The van der Waals surface area contributed by atoms with Crippen LogP contribution in [0.25, 0.3) is 19.5 Å². The number of thiophene rings is 3. The van der Waals surface area contributed by atoms with Crippen LogP contribution in [0.4, 0.5) is 0 Å². The highest BCUT2D eigenvalue weighted by Crippen LogP contribution is 2.39. The molecule has 0 saturated heterocycles. The number of hydrogen-bond acceptors (Lipinski definition) is 3. The van der Waals surface area contributed by atoms with Gasteiger partial charge in [0.05, 0.1) is 4.88 Å². The fourth-order valence-electron chi connectivity index (χ4n) is 1.83. The van der Waals surface area contributed by atoms with Crippen molar-refractivity contribution >= 4 is 34.0 Å². The Bertz CT molecular complexity index is 759. The molecule has 3 rings (SSSR count). The monoisotopic (exact) mass is 300 g/mol. The van der Waals surface area contributed by atoms with Crippen LogP contribution in [0, 0.1) is 18.8 Å². The van der Waals surface area contributed by atoms with Gasteiger partial charge in [0.15, 0.2) is 0 Å². The predicted molar refractivity (Wildman–Crippen MR) is 88.2 cm³/mol. The minimum atomic E-state index is 1.14. The van der Waals surface area contributed by atoms with Crippen LogP contribution in [-0.4, -0.2) is 0 Å². The molecule has 0 aliphatic heterocycles. The molecule has 0 fully saturated rings. The largest absolute Gasteiger partial charge is 0.140 e. The Morgan fingerprint density at radius 3 is 1.95 bits per heavy atom. The zero-order chi connectivity index (χ0) is 13.2. The summed E-state index contributed by atoms with van der Waals surface area (Å²) < 4.78 is 0. The molecule has 0 atom stereocenters. The predicted octanol–water partition coefficient (Wildman–Crippen LogP) is 5.88. The average Bonchev–Trinajstić information content (AvgIpc) is 3.07.